The van der Waals surface area contributed by atoms with Gasteiger partial charge >= 0.3 is 0 Å². The molecule has 2 heterocycles. The van der Waals surface area contributed by atoms with Crippen molar-refractivity contribution in [2.24, 2.45) is 17.6 Å². The second-order valence-electron chi connectivity index (χ2n) is 6.93. The summed E-state index contributed by atoms with van der Waals surface area (Å²) in [5.74, 6) is 1.62. The Morgan fingerprint density at radius 2 is 1.92 bits per heavy atom. The Morgan fingerprint density at radius 1 is 1.19 bits per heavy atom. The fraction of sp³-hybridized carbons (Fsp3) is 0.529. The van der Waals surface area contributed by atoms with Crippen LogP contribution in [0.4, 0.5) is 0 Å². The Kier molecular flexibility index (Phi) is 6.97. The molecule has 1 amide bonds. The smallest absolute Gasteiger partial charge is 0.253 e. The predicted octanol–water partition coefficient (Wildman–Crippen LogP) is 2.14. The number of amides is 1. The molecule has 142 valence electrons. The number of carbonyl (C=O) groups is 1. The average Bonchev–Trinajstić information content (AvgIpc) is 3.10. The number of hydrogen-bond acceptors (Lipinski definition) is 5. The lowest BCUT2D eigenvalue weighted by atomic mass is 9.67. The predicted molar refractivity (Wildman–Crippen MR) is 103 cm³/mol. The third-order valence-corrected chi connectivity index (χ3v) is 5.34. The van der Waals surface area contributed by atoms with Crippen molar-refractivity contribution in [3.63, 3.8) is 0 Å². The topological polar surface area (TPSA) is 98.7 Å². The van der Waals surface area contributed by atoms with Gasteiger partial charge in [0.25, 0.3) is 5.91 Å². The van der Waals surface area contributed by atoms with Crippen molar-refractivity contribution < 1.29 is 4.79 Å². The first-order chi connectivity index (χ1) is 11.7. The molecule has 4 rings (SSSR count). The minimum Gasteiger partial charge on any atom is -0.349 e. The standard InChI is InChI=1S/C17H22N6O.2ClH/c18-14-6-11-2-1-3-12(7-14)16(11)22-17(24)13-4-5-15(20-8-13)23-10-19-9-21-23;;/h4-5,8-12,14,16H,1-3,6-7,18H2,(H,22,24);2*1H. The summed E-state index contributed by atoms with van der Waals surface area (Å²) in [5.41, 5.74) is 6.73. The third-order valence-electron chi connectivity index (χ3n) is 5.34. The van der Waals surface area contributed by atoms with E-state index in [-0.39, 0.29) is 42.8 Å². The minimum atomic E-state index is -0.0509. The summed E-state index contributed by atoms with van der Waals surface area (Å²) in [7, 11) is 0. The fourth-order valence-electron chi connectivity index (χ4n) is 4.24. The van der Waals surface area contributed by atoms with E-state index in [1.165, 1.54) is 25.6 Å². The van der Waals surface area contributed by atoms with Crippen LogP contribution in [0, 0.1) is 11.8 Å². The molecule has 2 saturated carbocycles. The summed E-state index contributed by atoms with van der Waals surface area (Å²) in [5, 5.41) is 7.27. The maximum Gasteiger partial charge on any atom is 0.253 e. The van der Waals surface area contributed by atoms with Crippen molar-refractivity contribution >= 4 is 30.7 Å². The van der Waals surface area contributed by atoms with Crippen molar-refractivity contribution in [1.82, 2.24) is 25.1 Å². The molecule has 2 fully saturated rings. The summed E-state index contributed by atoms with van der Waals surface area (Å²) < 4.78 is 1.56. The molecular weight excluding hydrogens is 375 g/mol. The van der Waals surface area contributed by atoms with E-state index in [9.17, 15) is 4.79 Å². The van der Waals surface area contributed by atoms with Crippen LogP contribution in [0.15, 0.2) is 31.0 Å². The van der Waals surface area contributed by atoms with Crippen LogP contribution in [0.5, 0.6) is 0 Å². The molecule has 2 bridgehead atoms. The van der Waals surface area contributed by atoms with E-state index in [2.05, 4.69) is 20.4 Å². The molecule has 2 aromatic rings. The number of aromatic nitrogens is 4. The van der Waals surface area contributed by atoms with Crippen LogP contribution in [0.1, 0.15) is 42.5 Å². The SMILES string of the molecule is Cl.Cl.NC1CC2CCCC(C1)C2NC(=O)c1ccc(-n2cncn2)nc1. The Bertz CT molecular complexity index is 695. The molecule has 3 N–H and O–H groups in total. The maximum atomic E-state index is 12.6. The number of nitrogens with two attached hydrogens (primary N) is 1. The highest BCUT2D eigenvalue weighted by molar-refractivity contribution is 5.94. The van der Waals surface area contributed by atoms with E-state index in [1.807, 2.05) is 0 Å². The molecule has 7 nitrogen and oxygen atoms in total. The van der Waals surface area contributed by atoms with Crippen LogP contribution in [0.3, 0.4) is 0 Å². The van der Waals surface area contributed by atoms with E-state index < -0.39 is 0 Å². The molecule has 2 unspecified atom stereocenters. The van der Waals surface area contributed by atoms with Gasteiger partial charge in [-0.25, -0.2) is 14.6 Å². The average molecular weight is 399 g/mol. The molecule has 2 atom stereocenters. The van der Waals surface area contributed by atoms with E-state index in [0.717, 1.165) is 12.8 Å². The Labute approximate surface area is 165 Å². The number of pyridine rings is 1. The lowest BCUT2D eigenvalue weighted by Crippen LogP contribution is -2.53. The molecule has 0 spiro atoms. The molecule has 0 aromatic carbocycles. The zero-order valence-electron chi connectivity index (χ0n) is 14.3. The zero-order valence-corrected chi connectivity index (χ0v) is 16.0. The van der Waals surface area contributed by atoms with Crippen molar-refractivity contribution in [1.29, 1.82) is 0 Å². The molecule has 0 radical (unpaired) electrons. The molecule has 26 heavy (non-hydrogen) atoms. The van der Waals surface area contributed by atoms with Gasteiger partial charge in [-0.15, -0.1) is 24.8 Å². The summed E-state index contributed by atoms with van der Waals surface area (Å²) in [6.07, 6.45) is 10.2. The Balaban J connectivity index is 0.00000121. The van der Waals surface area contributed by atoms with Gasteiger partial charge in [0.05, 0.1) is 5.56 Å². The molecule has 0 aliphatic heterocycles. The van der Waals surface area contributed by atoms with E-state index in [1.54, 1.807) is 29.3 Å². The number of rotatable bonds is 3. The van der Waals surface area contributed by atoms with Crippen molar-refractivity contribution in [2.75, 3.05) is 0 Å². The number of halogens is 2. The van der Waals surface area contributed by atoms with E-state index in [4.69, 9.17) is 5.73 Å². The maximum absolute atomic E-state index is 12.6. The van der Waals surface area contributed by atoms with Gasteiger partial charge in [0.2, 0.25) is 0 Å². The fourth-order valence-corrected chi connectivity index (χ4v) is 4.24. The van der Waals surface area contributed by atoms with Crippen LogP contribution in [-0.2, 0) is 0 Å². The van der Waals surface area contributed by atoms with Gasteiger partial charge in [-0.05, 0) is 49.7 Å². The lowest BCUT2D eigenvalue weighted by molar-refractivity contribution is 0.0755. The van der Waals surface area contributed by atoms with Crippen molar-refractivity contribution in [3.05, 3.63) is 36.5 Å². The van der Waals surface area contributed by atoms with Crippen LogP contribution in [0.25, 0.3) is 5.82 Å². The highest BCUT2D eigenvalue weighted by Crippen LogP contribution is 2.39. The van der Waals surface area contributed by atoms with Crippen LogP contribution in [0.2, 0.25) is 0 Å². The van der Waals surface area contributed by atoms with Gasteiger partial charge in [-0.3, -0.25) is 4.79 Å². The summed E-state index contributed by atoms with van der Waals surface area (Å²) in [6.45, 7) is 0. The number of nitrogens with zero attached hydrogens (tertiary/aromatic N) is 4. The zero-order chi connectivity index (χ0) is 16.5. The Morgan fingerprint density at radius 3 is 2.50 bits per heavy atom. The third kappa shape index (κ3) is 4.16. The Hall–Kier alpha value is -1.70. The first kappa shape index (κ1) is 20.6. The summed E-state index contributed by atoms with van der Waals surface area (Å²) in [6, 6.07) is 4.10. The first-order valence-electron chi connectivity index (χ1n) is 8.58. The molecular formula is C17H24Cl2N6O. The van der Waals surface area contributed by atoms with Gasteiger partial charge in [-0.2, -0.15) is 5.10 Å². The molecule has 2 aliphatic rings. The van der Waals surface area contributed by atoms with E-state index in [0.29, 0.717) is 23.2 Å². The number of carbonyl (C=O) groups excluding carboxylic acids is 1. The van der Waals surface area contributed by atoms with Crippen molar-refractivity contribution in [2.45, 2.75) is 44.2 Å². The van der Waals surface area contributed by atoms with Gasteiger partial charge < -0.3 is 11.1 Å². The second-order valence-corrected chi connectivity index (χ2v) is 6.93. The highest BCUT2D eigenvalue weighted by Gasteiger charge is 2.39. The molecule has 9 heteroatoms. The molecule has 2 aliphatic carbocycles. The highest BCUT2D eigenvalue weighted by atomic mass is 35.5. The number of hydrogen-bond donors (Lipinski definition) is 2. The quantitative estimate of drug-likeness (QED) is 0.824. The van der Waals surface area contributed by atoms with Crippen molar-refractivity contribution in [3.8, 4) is 5.82 Å². The molecule has 0 saturated heterocycles. The number of nitrogens with one attached hydrogen (secondary N) is 1. The summed E-state index contributed by atoms with van der Waals surface area (Å²) in [4.78, 5) is 20.8. The summed E-state index contributed by atoms with van der Waals surface area (Å²) >= 11 is 0. The lowest BCUT2D eigenvalue weighted by Gasteiger charge is -2.45. The normalized spacial score (nSPS) is 27.0. The van der Waals surface area contributed by atoms with Crippen LogP contribution >= 0.6 is 24.8 Å². The second kappa shape index (κ2) is 8.79. The molecule has 2 aromatic heterocycles. The van der Waals surface area contributed by atoms with E-state index >= 15 is 0 Å². The number of fused-ring (bicyclic) bond motifs is 2. The van der Waals surface area contributed by atoms with Crippen LogP contribution < -0.4 is 11.1 Å². The minimum absolute atomic E-state index is 0. The van der Waals surface area contributed by atoms with Gasteiger partial charge in [0.1, 0.15) is 12.7 Å². The van der Waals surface area contributed by atoms with Gasteiger partial charge in [0, 0.05) is 18.3 Å². The largest absolute Gasteiger partial charge is 0.349 e. The monoisotopic (exact) mass is 398 g/mol. The van der Waals surface area contributed by atoms with Gasteiger partial charge in [0.15, 0.2) is 5.82 Å². The van der Waals surface area contributed by atoms with Crippen LogP contribution in [-0.4, -0.2) is 37.7 Å². The van der Waals surface area contributed by atoms with Gasteiger partial charge in [-0.1, -0.05) is 6.42 Å². The first-order valence-corrected chi connectivity index (χ1v) is 8.58.